The summed E-state index contributed by atoms with van der Waals surface area (Å²) in [5, 5.41) is 25.7. The van der Waals surface area contributed by atoms with Crippen LogP contribution in [0, 0.1) is 0 Å². The van der Waals surface area contributed by atoms with Gasteiger partial charge in [0, 0.05) is 37.6 Å². The number of ether oxygens (including phenoxy) is 1. The molecule has 0 aliphatic rings. The Morgan fingerprint density at radius 3 is 1.48 bits per heavy atom. The molecular weight excluding hydrogens is 632 g/mol. The highest BCUT2D eigenvalue weighted by atomic mass is 16.5. The predicted octanol–water partition coefficient (Wildman–Crippen LogP) is 5.72. The molecule has 0 fully saturated rings. The summed E-state index contributed by atoms with van der Waals surface area (Å²) in [6.45, 7) is 2.15. The third kappa shape index (κ3) is 10.2. The fourth-order valence-electron chi connectivity index (χ4n) is 4.74. The molecule has 0 unspecified atom stereocenters. The van der Waals surface area contributed by atoms with Crippen molar-refractivity contribution in [3.8, 4) is 17.5 Å². The number of nitrogens with zero attached hydrogens (tertiary/aromatic N) is 6. The fourth-order valence-corrected chi connectivity index (χ4v) is 4.74. The third-order valence-corrected chi connectivity index (χ3v) is 7.20. The van der Waals surface area contributed by atoms with Gasteiger partial charge in [0.25, 0.3) is 0 Å². The van der Waals surface area contributed by atoms with Crippen molar-refractivity contribution < 1.29 is 9.84 Å². The Balaban J connectivity index is 1.08. The van der Waals surface area contributed by atoms with Crippen LogP contribution >= 0.6 is 0 Å². The van der Waals surface area contributed by atoms with Crippen molar-refractivity contribution in [2.45, 2.75) is 12.8 Å². The number of anilines is 7. The van der Waals surface area contributed by atoms with Gasteiger partial charge in [-0.3, -0.25) is 0 Å². The second kappa shape index (κ2) is 17.0. The number of phenols is 1. The van der Waals surface area contributed by atoms with Crippen LogP contribution < -0.4 is 37.1 Å². The van der Waals surface area contributed by atoms with Crippen molar-refractivity contribution in [1.82, 2.24) is 29.9 Å². The van der Waals surface area contributed by atoms with Gasteiger partial charge in [0.15, 0.2) is 0 Å². The van der Waals surface area contributed by atoms with E-state index in [1.807, 2.05) is 97.1 Å². The van der Waals surface area contributed by atoms with Gasteiger partial charge in [-0.2, -0.15) is 29.9 Å². The molecule has 8 N–H and O–H groups in total. The molecule has 0 saturated heterocycles. The minimum atomic E-state index is 0.147. The lowest BCUT2D eigenvalue weighted by molar-refractivity contribution is 0.441. The van der Waals surface area contributed by atoms with E-state index in [4.69, 9.17) is 10.5 Å². The van der Waals surface area contributed by atoms with Gasteiger partial charge in [-0.15, -0.1) is 0 Å². The van der Waals surface area contributed by atoms with E-state index in [9.17, 15) is 5.11 Å². The molecular formula is C36H38N12O2. The molecule has 0 spiro atoms. The largest absolute Gasteiger partial charge is 0.508 e. The Morgan fingerprint density at radius 2 is 0.940 bits per heavy atom. The van der Waals surface area contributed by atoms with Crippen molar-refractivity contribution in [3.63, 3.8) is 0 Å². The SMILES string of the molecule is NCCNc1nc(NCCc2ccc(Oc3nc(NCCc4ccc(O)cc4)nc(Nc4ccccc4)n3)cc2)nc(Nc2ccccc2)n1. The topological polar surface area (TPSA) is 193 Å². The lowest BCUT2D eigenvalue weighted by Gasteiger charge is -2.12. The molecule has 0 aliphatic carbocycles. The molecule has 6 rings (SSSR count). The van der Waals surface area contributed by atoms with Crippen molar-refractivity contribution in [3.05, 3.63) is 120 Å². The van der Waals surface area contributed by atoms with Crippen LogP contribution in [0.15, 0.2) is 109 Å². The number of benzene rings is 4. The molecule has 0 bridgehead atoms. The van der Waals surface area contributed by atoms with Crippen LogP contribution in [0.2, 0.25) is 0 Å². The van der Waals surface area contributed by atoms with E-state index >= 15 is 0 Å². The number of nitrogens with one attached hydrogen (secondary N) is 5. The van der Waals surface area contributed by atoms with E-state index in [2.05, 4.69) is 56.5 Å². The summed E-state index contributed by atoms with van der Waals surface area (Å²) in [6, 6.07) is 34.3. The second-order valence-corrected chi connectivity index (χ2v) is 11.0. The summed E-state index contributed by atoms with van der Waals surface area (Å²) >= 11 is 0. The Morgan fingerprint density at radius 1 is 0.500 bits per heavy atom. The summed E-state index contributed by atoms with van der Waals surface area (Å²) in [7, 11) is 0. The third-order valence-electron chi connectivity index (χ3n) is 7.20. The molecule has 50 heavy (non-hydrogen) atoms. The minimum Gasteiger partial charge on any atom is -0.508 e. The molecule has 0 radical (unpaired) electrons. The smallest absolute Gasteiger partial charge is 0.328 e. The number of nitrogens with two attached hydrogens (primary N) is 1. The fraction of sp³-hybridized carbons (Fsp3) is 0.167. The Hall–Kier alpha value is -6.54. The summed E-state index contributed by atoms with van der Waals surface area (Å²) < 4.78 is 6.08. The standard InChI is InChI=1S/C36H38N12O2/c37-21-24-40-32-43-31(44-34(45-32)41-27-7-3-1-4-8-27)38-22-20-26-13-17-30(18-14-26)50-36-47-33(39-23-19-25-11-15-29(49)16-12-25)46-35(48-36)42-28-9-5-2-6-10-28/h1-18,49H,19-24,37H2,(H2,39,42,46,47,48)(H3,38,40,41,43,44,45). The average Bonchev–Trinajstić information content (AvgIpc) is 3.13. The number of aromatic hydroxyl groups is 1. The van der Waals surface area contributed by atoms with Crippen molar-refractivity contribution in [2.24, 2.45) is 5.73 Å². The molecule has 0 amide bonds. The first kappa shape index (κ1) is 33.4. The molecule has 0 saturated carbocycles. The molecule has 14 nitrogen and oxygen atoms in total. The van der Waals surface area contributed by atoms with E-state index in [0.717, 1.165) is 22.5 Å². The van der Waals surface area contributed by atoms with Crippen molar-refractivity contribution in [1.29, 1.82) is 0 Å². The number of hydrogen-bond acceptors (Lipinski definition) is 14. The van der Waals surface area contributed by atoms with E-state index in [1.165, 1.54) is 0 Å². The molecule has 2 heterocycles. The van der Waals surface area contributed by atoms with Crippen LogP contribution in [0.3, 0.4) is 0 Å². The van der Waals surface area contributed by atoms with Crippen LogP contribution in [0.1, 0.15) is 11.1 Å². The Kier molecular flexibility index (Phi) is 11.4. The monoisotopic (exact) mass is 670 g/mol. The van der Waals surface area contributed by atoms with Crippen molar-refractivity contribution >= 4 is 41.1 Å². The first-order valence-corrected chi connectivity index (χ1v) is 16.2. The Bertz CT molecular complexity index is 1930. The summed E-state index contributed by atoms with van der Waals surface area (Å²) in [6.07, 6.45) is 1.43. The molecule has 4 aromatic carbocycles. The maximum absolute atomic E-state index is 9.56. The minimum absolute atomic E-state index is 0.147. The summed E-state index contributed by atoms with van der Waals surface area (Å²) in [5.41, 5.74) is 9.52. The zero-order chi connectivity index (χ0) is 34.4. The first-order valence-electron chi connectivity index (χ1n) is 16.2. The summed E-state index contributed by atoms with van der Waals surface area (Å²) in [5.74, 6) is 2.83. The lowest BCUT2D eigenvalue weighted by atomic mass is 10.1. The highest BCUT2D eigenvalue weighted by molar-refractivity contribution is 5.56. The zero-order valence-electron chi connectivity index (χ0n) is 27.3. The van der Waals surface area contributed by atoms with Gasteiger partial charge in [-0.25, -0.2) is 0 Å². The Labute approximate surface area is 289 Å². The van der Waals surface area contributed by atoms with Crippen LogP contribution in [0.25, 0.3) is 0 Å². The van der Waals surface area contributed by atoms with Gasteiger partial charge in [-0.1, -0.05) is 60.7 Å². The molecule has 14 heteroatoms. The molecule has 6 aromatic rings. The van der Waals surface area contributed by atoms with E-state index in [1.54, 1.807) is 12.1 Å². The van der Waals surface area contributed by atoms with Crippen LogP contribution in [-0.2, 0) is 12.8 Å². The second-order valence-electron chi connectivity index (χ2n) is 11.0. The number of aromatic nitrogens is 6. The van der Waals surface area contributed by atoms with Gasteiger partial charge >= 0.3 is 6.01 Å². The van der Waals surface area contributed by atoms with Crippen molar-refractivity contribution in [2.75, 3.05) is 52.8 Å². The van der Waals surface area contributed by atoms with Crippen LogP contribution in [0.4, 0.5) is 41.1 Å². The zero-order valence-corrected chi connectivity index (χ0v) is 27.3. The first-order chi connectivity index (χ1) is 24.6. The highest BCUT2D eigenvalue weighted by Crippen LogP contribution is 2.23. The predicted molar refractivity (Wildman–Crippen MR) is 196 cm³/mol. The van der Waals surface area contributed by atoms with E-state index in [-0.39, 0.29) is 11.8 Å². The van der Waals surface area contributed by atoms with Gasteiger partial charge in [0.1, 0.15) is 11.5 Å². The number of rotatable bonds is 17. The number of para-hydroxylation sites is 2. The maximum Gasteiger partial charge on any atom is 0.328 e. The molecule has 2 aromatic heterocycles. The maximum atomic E-state index is 9.56. The lowest BCUT2D eigenvalue weighted by Crippen LogP contribution is -2.17. The normalized spacial score (nSPS) is 10.7. The van der Waals surface area contributed by atoms with Gasteiger partial charge in [0.2, 0.25) is 29.7 Å². The molecule has 0 atom stereocenters. The molecule has 254 valence electrons. The van der Waals surface area contributed by atoms with Gasteiger partial charge in [0.05, 0.1) is 0 Å². The quantitative estimate of drug-likeness (QED) is 0.0623. The highest BCUT2D eigenvalue weighted by Gasteiger charge is 2.11. The van der Waals surface area contributed by atoms with Crippen LogP contribution in [-0.4, -0.2) is 61.2 Å². The molecule has 0 aliphatic heterocycles. The number of hydrogen-bond donors (Lipinski definition) is 7. The average molecular weight is 671 g/mol. The summed E-state index contributed by atoms with van der Waals surface area (Å²) in [4.78, 5) is 27.0. The van der Waals surface area contributed by atoms with E-state index < -0.39 is 0 Å². The van der Waals surface area contributed by atoms with Crippen LogP contribution in [0.5, 0.6) is 17.5 Å². The number of phenolic OH excluding ortho intramolecular Hbond substituents is 1. The van der Waals surface area contributed by atoms with Gasteiger partial charge < -0.3 is 42.2 Å². The van der Waals surface area contributed by atoms with E-state index in [0.29, 0.717) is 74.5 Å². The van der Waals surface area contributed by atoms with Gasteiger partial charge in [-0.05, 0) is 72.5 Å².